The number of fused-ring (bicyclic) bond motifs is 3. The van der Waals surface area contributed by atoms with Crippen molar-refractivity contribution in [1.82, 2.24) is 9.80 Å². The number of carbonyl (C=O) groups is 4. The fourth-order valence-electron chi connectivity index (χ4n) is 5.81. The highest BCUT2D eigenvalue weighted by molar-refractivity contribution is 6.33. The van der Waals surface area contributed by atoms with Gasteiger partial charge in [-0.2, -0.15) is 0 Å². The van der Waals surface area contributed by atoms with E-state index in [4.69, 9.17) is 17.3 Å². The molecule has 38 heavy (non-hydrogen) atoms. The lowest BCUT2D eigenvalue weighted by atomic mass is 9.60. The van der Waals surface area contributed by atoms with Crippen molar-refractivity contribution in [3.8, 4) is 5.75 Å². The molecule has 0 radical (unpaired) electrons. The Bertz CT molecular complexity index is 1350. The highest BCUT2D eigenvalue weighted by atomic mass is 35.5. The summed E-state index contributed by atoms with van der Waals surface area (Å²) in [5, 5.41) is 43.7. The van der Waals surface area contributed by atoms with Crippen LogP contribution >= 0.6 is 11.6 Å². The second kappa shape index (κ2) is 9.40. The average molecular weight is 548 g/mol. The molecule has 0 saturated carbocycles. The number of phenols is 1. The third kappa shape index (κ3) is 3.96. The minimum absolute atomic E-state index is 0.0124. The smallest absolute Gasteiger partial charge is 0.255 e. The summed E-state index contributed by atoms with van der Waals surface area (Å²) in [6.45, 7) is 1.93. The van der Waals surface area contributed by atoms with Crippen molar-refractivity contribution in [2.75, 3.05) is 21.1 Å². The van der Waals surface area contributed by atoms with Crippen molar-refractivity contribution in [1.29, 1.82) is 0 Å². The summed E-state index contributed by atoms with van der Waals surface area (Å²) < 4.78 is 0. The quantitative estimate of drug-likeness (QED) is 0.337. The molecule has 0 bridgehead atoms. The first-order chi connectivity index (χ1) is 17.6. The molecule has 1 aromatic rings. The molecule has 6 N–H and O–H groups in total. The monoisotopic (exact) mass is 547 g/mol. The minimum Gasteiger partial charge on any atom is -0.511 e. The first kappa shape index (κ1) is 27.6. The van der Waals surface area contributed by atoms with Gasteiger partial charge in [-0.3, -0.25) is 24.1 Å². The van der Waals surface area contributed by atoms with E-state index in [1.54, 1.807) is 33.0 Å². The van der Waals surface area contributed by atoms with E-state index >= 15 is 0 Å². The highest BCUT2D eigenvalue weighted by Gasteiger charge is 2.59. The molecule has 4 atom stereocenters. The number of allylic oxidation sites excluding steroid dienone is 2. The molecule has 2 amide bonds. The number of rotatable bonds is 5. The molecule has 0 saturated heterocycles. The summed E-state index contributed by atoms with van der Waals surface area (Å²) in [5.74, 6) is -7.08. The maximum Gasteiger partial charge on any atom is 0.255 e. The van der Waals surface area contributed by atoms with Crippen molar-refractivity contribution in [2.45, 2.75) is 44.4 Å². The number of nitrogens with two attached hydrogens (primary N) is 1. The number of halogens is 1. The maximum absolute atomic E-state index is 13.6. The number of hydrogen-bond acceptors (Lipinski definition) is 9. The molecule has 3 unspecified atom stereocenters. The van der Waals surface area contributed by atoms with Gasteiger partial charge in [-0.1, -0.05) is 11.6 Å². The number of hydrogen-bond donors (Lipinski definition) is 5. The largest absolute Gasteiger partial charge is 0.511 e. The van der Waals surface area contributed by atoms with Gasteiger partial charge in [-0.05, 0) is 49.9 Å². The minimum atomic E-state index is -2.62. The third-order valence-corrected chi connectivity index (χ3v) is 8.42. The van der Waals surface area contributed by atoms with E-state index in [0.29, 0.717) is 11.1 Å². The van der Waals surface area contributed by atoms with E-state index < -0.39 is 63.8 Å². The first-order valence-corrected chi connectivity index (χ1v) is 12.4. The second-order valence-corrected chi connectivity index (χ2v) is 10.8. The molecule has 0 spiro atoms. The van der Waals surface area contributed by atoms with Crippen LogP contribution in [0.25, 0.3) is 0 Å². The van der Waals surface area contributed by atoms with Gasteiger partial charge in [0.15, 0.2) is 11.4 Å². The van der Waals surface area contributed by atoms with E-state index in [-0.39, 0.29) is 47.9 Å². The number of phenolic OH excluding ortho intramolecular Hbond substituents is 1. The molecule has 3 aliphatic rings. The van der Waals surface area contributed by atoms with E-state index in [1.165, 1.54) is 11.0 Å². The Labute approximate surface area is 223 Å². The van der Waals surface area contributed by atoms with Gasteiger partial charge >= 0.3 is 0 Å². The molecule has 12 heteroatoms. The molecule has 0 heterocycles. The fraction of sp³-hybridized carbons (Fsp3) is 0.462. The molecule has 11 nitrogen and oxygen atoms in total. The van der Waals surface area contributed by atoms with Gasteiger partial charge in [-0.25, -0.2) is 0 Å². The number of aromatic hydroxyl groups is 1. The Hall–Kier alpha value is -3.41. The van der Waals surface area contributed by atoms with Crippen molar-refractivity contribution in [3.05, 3.63) is 50.4 Å². The van der Waals surface area contributed by atoms with Crippen molar-refractivity contribution >= 4 is 35.0 Å². The van der Waals surface area contributed by atoms with Crippen LogP contribution in [-0.4, -0.2) is 86.4 Å². The number of likely N-dealkylation sites (N-methyl/N-ethyl adjacent to an activating group) is 2. The van der Waals surface area contributed by atoms with Crippen molar-refractivity contribution < 1.29 is 39.6 Å². The van der Waals surface area contributed by atoms with Gasteiger partial charge in [0.05, 0.1) is 11.6 Å². The number of aliphatic hydroxyl groups excluding tert-OH is 2. The van der Waals surface area contributed by atoms with E-state index in [2.05, 4.69) is 0 Å². The summed E-state index contributed by atoms with van der Waals surface area (Å²) in [4.78, 5) is 53.9. The predicted octanol–water partition coefficient (Wildman–Crippen LogP) is 1.14. The molecule has 0 fully saturated rings. The standard InChI is InChI=1S/C26H30ClN3O8/c1-10(25(37)29(2)3)30(4)9-12-7-15(31)18-14(20(12)27)6-11-5-13-8-16(32)19(24(28)36)23(35)26(13,38)22(34)17(11)21(18)33/h7,10-11,13,31-32,34,38H,5-6,8-9H2,1-4H3,(H2,28,36)/t10-,11?,13?,26?/m1/s1. The SMILES string of the molecule is C[C@H](C(=O)N(C)C)N(C)Cc1cc(O)c2c(c1Cl)CC1CC3CC(O)=C(C(N)=O)C(=O)C3(O)C(O)=C1C2=O. The Morgan fingerprint density at radius 2 is 1.82 bits per heavy atom. The lowest BCUT2D eigenvalue weighted by molar-refractivity contribution is -0.144. The molecular weight excluding hydrogens is 518 g/mol. The molecular formula is C26H30ClN3O8. The number of Topliss-reactive ketones (excluding diaryl/α,β-unsaturated/α-hetero) is 2. The Balaban J connectivity index is 1.76. The summed E-state index contributed by atoms with van der Waals surface area (Å²) in [7, 11) is 5.02. The van der Waals surface area contributed by atoms with Gasteiger partial charge in [0, 0.05) is 43.6 Å². The third-order valence-electron chi connectivity index (χ3n) is 7.95. The molecule has 0 aromatic heterocycles. The molecule has 3 aliphatic carbocycles. The van der Waals surface area contributed by atoms with Crippen LogP contribution in [0.2, 0.25) is 5.02 Å². The Morgan fingerprint density at radius 1 is 1.18 bits per heavy atom. The van der Waals surface area contributed by atoms with Crippen LogP contribution < -0.4 is 5.73 Å². The van der Waals surface area contributed by atoms with Gasteiger partial charge < -0.3 is 31.1 Å². The molecule has 204 valence electrons. The Morgan fingerprint density at radius 3 is 2.39 bits per heavy atom. The number of amides is 2. The van der Waals surface area contributed by atoms with Crippen LogP contribution in [0.4, 0.5) is 0 Å². The van der Waals surface area contributed by atoms with E-state index in [0.717, 1.165) is 0 Å². The summed E-state index contributed by atoms with van der Waals surface area (Å²) in [6.07, 6.45) is -0.194. The summed E-state index contributed by atoms with van der Waals surface area (Å²) in [6, 6.07) is 0.830. The first-order valence-electron chi connectivity index (χ1n) is 12.0. The Kier molecular flexibility index (Phi) is 6.84. The van der Waals surface area contributed by atoms with Crippen molar-refractivity contribution in [3.63, 3.8) is 0 Å². The molecule has 0 aliphatic heterocycles. The number of nitrogens with zero attached hydrogens (tertiary/aromatic N) is 2. The molecule has 4 rings (SSSR count). The fourth-order valence-corrected chi connectivity index (χ4v) is 6.09. The number of aliphatic hydroxyl groups is 3. The van der Waals surface area contributed by atoms with Gasteiger partial charge in [0.2, 0.25) is 11.7 Å². The van der Waals surface area contributed by atoms with Crippen LogP contribution in [0.3, 0.4) is 0 Å². The molecule has 1 aromatic carbocycles. The van der Waals surface area contributed by atoms with Crippen LogP contribution in [0, 0.1) is 11.8 Å². The lowest BCUT2D eigenvalue weighted by Gasteiger charge is -2.45. The van der Waals surface area contributed by atoms with Crippen LogP contribution in [0.15, 0.2) is 28.7 Å². The summed E-state index contributed by atoms with van der Waals surface area (Å²) >= 11 is 6.72. The van der Waals surface area contributed by atoms with E-state index in [9.17, 15) is 39.6 Å². The number of ketones is 2. The average Bonchev–Trinajstić information content (AvgIpc) is 2.82. The number of primary amides is 1. The van der Waals surface area contributed by atoms with Crippen molar-refractivity contribution in [2.24, 2.45) is 17.6 Å². The van der Waals surface area contributed by atoms with Gasteiger partial charge in [0.25, 0.3) is 5.91 Å². The lowest BCUT2D eigenvalue weighted by Crippen LogP contribution is -2.57. The highest BCUT2D eigenvalue weighted by Crippen LogP contribution is 2.52. The topological polar surface area (TPSA) is 182 Å². The van der Waals surface area contributed by atoms with Crippen LogP contribution in [0.1, 0.15) is 41.3 Å². The zero-order valence-electron chi connectivity index (χ0n) is 21.4. The maximum atomic E-state index is 13.6. The van der Waals surface area contributed by atoms with Gasteiger partial charge in [0.1, 0.15) is 22.8 Å². The summed E-state index contributed by atoms with van der Waals surface area (Å²) in [5.41, 5.74) is 2.19. The van der Waals surface area contributed by atoms with Gasteiger partial charge in [-0.15, -0.1) is 0 Å². The zero-order valence-corrected chi connectivity index (χ0v) is 22.2. The zero-order chi connectivity index (χ0) is 28.4. The number of carbonyl (C=O) groups excluding carboxylic acids is 4. The van der Waals surface area contributed by atoms with E-state index in [1.807, 2.05) is 0 Å². The predicted molar refractivity (Wildman–Crippen MR) is 135 cm³/mol. The van der Waals surface area contributed by atoms with Crippen LogP contribution in [-0.2, 0) is 27.3 Å². The normalized spacial score (nSPS) is 25.7. The number of benzene rings is 1. The van der Waals surface area contributed by atoms with Crippen LogP contribution in [0.5, 0.6) is 5.75 Å². The second-order valence-electron chi connectivity index (χ2n) is 10.5.